The number of guanidine groups is 1. The number of aryl methyl sites for hydroxylation is 1. The number of hydrogen-bond donors (Lipinski definition) is 2. The summed E-state index contributed by atoms with van der Waals surface area (Å²) in [5.41, 5.74) is 1.57. The fourth-order valence-electron chi connectivity index (χ4n) is 3.68. The van der Waals surface area contributed by atoms with Crippen LogP contribution in [-0.4, -0.2) is 55.8 Å². The third-order valence-electron chi connectivity index (χ3n) is 5.31. The smallest absolute Gasteiger partial charge is 0.191 e. The van der Waals surface area contributed by atoms with Gasteiger partial charge in [-0.25, -0.2) is 4.39 Å². The summed E-state index contributed by atoms with van der Waals surface area (Å²) in [6.07, 6.45) is 2.68. The lowest BCUT2D eigenvalue weighted by Gasteiger charge is -2.34. The summed E-state index contributed by atoms with van der Waals surface area (Å²) in [6.45, 7) is 10.2. The third kappa shape index (κ3) is 4.74. The molecule has 2 heterocycles. The van der Waals surface area contributed by atoms with Gasteiger partial charge in [-0.05, 0) is 57.4 Å². The standard InChI is InChI=1S/C20H31FN4O/c1-4-22-20(24-15(3)16-8-7-14(2)19(21)10-16)23-11-18-12-25-9-5-6-17(25)13-26-18/h7-8,10,15,17-18H,4-6,9,11-13H2,1-3H3,(H2,22,23,24). The molecule has 2 aliphatic rings. The Balaban J connectivity index is 1.58. The van der Waals surface area contributed by atoms with Crippen molar-refractivity contribution in [1.82, 2.24) is 15.5 Å². The molecular formula is C20H31FN4O. The van der Waals surface area contributed by atoms with E-state index in [1.165, 1.54) is 19.4 Å². The minimum atomic E-state index is -0.172. The number of benzene rings is 1. The maximum absolute atomic E-state index is 13.8. The van der Waals surface area contributed by atoms with Crippen molar-refractivity contribution in [3.05, 3.63) is 35.1 Å². The molecule has 5 nitrogen and oxygen atoms in total. The molecule has 6 heteroatoms. The Hall–Kier alpha value is -1.66. The molecule has 3 rings (SSSR count). The Bertz CT molecular complexity index is 636. The van der Waals surface area contributed by atoms with E-state index < -0.39 is 0 Å². The van der Waals surface area contributed by atoms with Crippen LogP contribution in [0.1, 0.15) is 43.9 Å². The first-order valence-corrected chi connectivity index (χ1v) is 9.73. The van der Waals surface area contributed by atoms with Crippen molar-refractivity contribution in [3.8, 4) is 0 Å². The molecule has 1 aromatic carbocycles. The van der Waals surface area contributed by atoms with Gasteiger partial charge in [-0.15, -0.1) is 0 Å². The highest BCUT2D eigenvalue weighted by Gasteiger charge is 2.32. The van der Waals surface area contributed by atoms with Crippen LogP contribution in [0, 0.1) is 12.7 Å². The van der Waals surface area contributed by atoms with Gasteiger partial charge in [0.05, 0.1) is 25.3 Å². The average molecular weight is 362 g/mol. The number of aliphatic imine (C=N–C) groups is 1. The molecule has 0 amide bonds. The molecule has 0 bridgehead atoms. The van der Waals surface area contributed by atoms with Gasteiger partial charge in [0.2, 0.25) is 0 Å². The second kappa shape index (κ2) is 8.82. The van der Waals surface area contributed by atoms with Crippen molar-refractivity contribution in [2.75, 3.05) is 32.8 Å². The van der Waals surface area contributed by atoms with Gasteiger partial charge in [-0.3, -0.25) is 9.89 Å². The minimum Gasteiger partial charge on any atom is -0.373 e. The zero-order chi connectivity index (χ0) is 18.5. The molecule has 2 saturated heterocycles. The fourth-order valence-corrected chi connectivity index (χ4v) is 3.68. The fraction of sp³-hybridized carbons (Fsp3) is 0.650. The number of nitrogens with one attached hydrogen (secondary N) is 2. The van der Waals surface area contributed by atoms with Crippen molar-refractivity contribution in [2.24, 2.45) is 4.99 Å². The Labute approximate surface area is 156 Å². The van der Waals surface area contributed by atoms with Crippen molar-refractivity contribution < 1.29 is 9.13 Å². The van der Waals surface area contributed by atoms with E-state index in [1.807, 2.05) is 26.0 Å². The molecule has 2 aliphatic heterocycles. The third-order valence-corrected chi connectivity index (χ3v) is 5.31. The molecular weight excluding hydrogens is 331 g/mol. The molecule has 2 N–H and O–H groups in total. The van der Waals surface area contributed by atoms with Crippen LogP contribution in [0.3, 0.4) is 0 Å². The van der Waals surface area contributed by atoms with E-state index in [1.54, 1.807) is 13.0 Å². The quantitative estimate of drug-likeness (QED) is 0.624. The molecule has 3 atom stereocenters. The average Bonchev–Trinajstić information content (AvgIpc) is 3.10. The van der Waals surface area contributed by atoms with Gasteiger partial charge in [-0.2, -0.15) is 0 Å². The van der Waals surface area contributed by atoms with Crippen LogP contribution in [0.5, 0.6) is 0 Å². The normalized spacial score (nSPS) is 25.0. The molecule has 144 valence electrons. The maximum atomic E-state index is 13.8. The van der Waals surface area contributed by atoms with Gasteiger partial charge < -0.3 is 15.4 Å². The van der Waals surface area contributed by atoms with Crippen LogP contribution in [0.25, 0.3) is 0 Å². The largest absolute Gasteiger partial charge is 0.373 e. The van der Waals surface area contributed by atoms with Crippen molar-refractivity contribution in [3.63, 3.8) is 0 Å². The second-order valence-electron chi connectivity index (χ2n) is 7.34. The van der Waals surface area contributed by atoms with Crippen molar-refractivity contribution in [1.29, 1.82) is 0 Å². The van der Waals surface area contributed by atoms with E-state index in [4.69, 9.17) is 9.73 Å². The van der Waals surface area contributed by atoms with Crippen LogP contribution in [-0.2, 0) is 4.74 Å². The molecule has 1 aromatic rings. The Morgan fingerprint density at radius 2 is 2.31 bits per heavy atom. The molecule has 2 fully saturated rings. The highest BCUT2D eigenvalue weighted by molar-refractivity contribution is 5.80. The number of ether oxygens (including phenoxy) is 1. The van der Waals surface area contributed by atoms with E-state index in [0.29, 0.717) is 18.2 Å². The Morgan fingerprint density at radius 1 is 1.46 bits per heavy atom. The predicted molar refractivity (Wildman–Crippen MR) is 103 cm³/mol. The second-order valence-corrected chi connectivity index (χ2v) is 7.34. The summed E-state index contributed by atoms with van der Waals surface area (Å²) in [5.74, 6) is 0.571. The van der Waals surface area contributed by atoms with Crippen LogP contribution < -0.4 is 10.6 Å². The molecule has 0 aliphatic carbocycles. The monoisotopic (exact) mass is 362 g/mol. The predicted octanol–water partition coefficient (Wildman–Crippen LogP) is 2.61. The number of nitrogens with zero attached hydrogens (tertiary/aromatic N) is 2. The number of morpholine rings is 1. The van der Waals surface area contributed by atoms with Crippen molar-refractivity contribution >= 4 is 5.96 Å². The van der Waals surface area contributed by atoms with Crippen LogP contribution in [0.2, 0.25) is 0 Å². The van der Waals surface area contributed by atoms with Gasteiger partial charge in [0.15, 0.2) is 5.96 Å². The summed E-state index contributed by atoms with van der Waals surface area (Å²) in [6, 6.07) is 5.94. The first kappa shape index (κ1) is 19.1. The van der Waals surface area contributed by atoms with Gasteiger partial charge >= 0.3 is 0 Å². The zero-order valence-electron chi connectivity index (χ0n) is 16.1. The van der Waals surface area contributed by atoms with Gasteiger partial charge in [0.1, 0.15) is 5.82 Å². The lowest BCUT2D eigenvalue weighted by Crippen LogP contribution is -2.47. The first-order valence-electron chi connectivity index (χ1n) is 9.73. The zero-order valence-corrected chi connectivity index (χ0v) is 16.1. The Morgan fingerprint density at radius 3 is 3.08 bits per heavy atom. The maximum Gasteiger partial charge on any atom is 0.191 e. The lowest BCUT2D eigenvalue weighted by molar-refractivity contribution is -0.0432. The number of fused-ring (bicyclic) bond motifs is 1. The minimum absolute atomic E-state index is 0.0295. The van der Waals surface area contributed by atoms with E-state index in [0.717, 1.165) is 31.2 Å². The van der Waals surface area contributed by atoms with Gasteiger partial charge in [0, 0.05) is 19.1 Å². The summed E-state index contributed by atoms with van der Waals surface area (Å²) in [5, 5.41) is 6.64. The highest BCUT2D eigenvalue weighted by Crippen LogP contribution is 2.22. The number of rotatable bonds is 5. The van der Waals surface area contributed by atoms with Crippen LogP contribution in [0.15, 0.2) is 23.2 Å². The van der Waals surface area contributed by atoms with Crippen molar-refractivity contribution in [2.45, 2.75) is 51.8 Å². The van der Waals surface area contributed by atoms with Gasteiger partial charge in [-0.1, -0.05) is 12.1 Å². The highest BCUT2D eigenvalue weighted by atomic mass is 19.1. The van der Waals surface area contributed by atoms with E-state index in [-0.39, 0.29) is 18.0 Å². The summed E-state index contributed by atoms with van der Waals surface area (Å²) in [4.78, 5) is 7.24. The van der Waals surface area contributed by atoms with E-state index >= 15 is 0 Å². The number of halogens is 1. The topological polar surface area (TPSA) is 48.9 Å². The molecule has 0 aromatic heterocycles. The molecule has 26 heavy (non-hydrogen) atoms. The van der Waals surface area contributed by atoms with E-state index in [9.17, 15) is 4.39 Å². The lowest BCUT2D eigenvalue weighted by atomic mass is 10.1. The molecule has 0 radical (unpaired) electrons. The van der Waals surface area contributed by atoms with E-state index in [2.05, 4.69) is 15.5 Å². The Kier molecular flexibility index (Phi) is 6.48. The van der Waals surface area contributed by atoms with Crippen LogP contribution in [0.4, 0.5) is 4.39 Å². The molecule has 3 unspecified atom stereocenters. The summed E-state index contributed by atoms with van der Waals surface area (Å²) >= 11 is 0. The first-order chi connectivity index (χ1) is 12.6. The van der Waals surface area contributed by atoms with Crippen LogP contribution >= 0.6 is 0 Å². The molecule has 0 spiro atoms. The molecule has 0 saturated carbocycles. The summed E-state index contributed by atoms with van der Waals surface area (Å²) < 4.78 is 19.8. The van der Waals surface area contributed by atoms with Gasteiger partial charge in [0.25, 0.3) is 0 Å². The SMILES string of the molecule is CCNC(=NCC1CN2CCCC2CO1)NC(C)c1ccc(C)c(F)c1. The number of hydrogen-bond acceptors (Lipinski definition) is 3. The summed E-state index contributed by atoms with van der Waals surface area (Å²) in [7, 11) is 0.